The average molecular weight is 297 g/mol. The number of nitro groups is 1. The molecule has 0 aliphatic rings. The van der Waals surface area contributed by atoms with Crippen molar-refractivity contribution in [3.63, 3.8) is 0 Å². The molecule has 20 heavy (non-hydrogen) atoms. The van der Waals surface area contributed by atoms with Crippen molar-refractivity contribution in [2.75, 3.05) is 0 Å². The van der Waals surface area contributed by atoms with Crippen LogP contribution in [0.15, 0.2) is 36.4 Å². The monoisotopic (exact) mass is 296 g/mol. The number of hydrogen-bond acceptors (Lipinski definition) is 4. The molecule has 2 aromatic carbocycles. The fourth-order valence-electron chi connectivity index (χ4n) is 1.56. The Hall–Kier alpha value is -2.18. The van der Waals surface area contributed by atoms with Crippen molar-refractivity contribution in [2.45, 2.75) is 6.54 Å². The average Bonchev–Trinajstić information content (AvgIpc) is 2.43. The topological polar surface area (TPSA) is 78.4 Å². The number of benzene rings is 2. The van der Waals surface area contributed by atoms with E-state index in [0.717, 1.165) is 17.7 Å². The number of nitro benzene ring substituents is 1. The Kier molecular flexibility index (Phi) is 4.16. The van der Waals surface area contributed by atoms with Gasteiger partial charge in [0.15, 0.2) is 0 Å². The van der Waals surface area contributed by atoms with Gasteiger partial charge in [-0.1, -0.05) is 23.7 Å². The zero-order chi connectivity index (χ0) is 14.7. The summed E-state index contributed by atoms with van der Waals surface area (Å²) in [6.07, 6.45) is 0. The minimum atomic E-state index is -0.786. The Balaban J connectivity index is 2.36. The van der Waals surface area contributed by atoms with Crippen LogP contribution in [-0.2, 0) is 6.54 Å². The van der Waals surface area contributed by atoms with E-state index < -0.39 is 16.4 Å². The Labute approximate surface area is 118 Å². The van der Waals surface area contributed by atoms with Crippen LogP contribution in [-0.4, -0.2) is 4.92 Å². The number of nitrogens with zero attached hydrogens (tertiary/aromatic N) is 1. The highest BCUT2D eigenvalue weighted by Crippen LogP contribution is 2.35. The molecule has 2 N–H and O–H groups in total. The van der Waals surface area contributed by atoms with E-state index in [1.54, 1.807) is 24.3 Å². The van der Waals surface area contributed by atoms with Gasteiger partial charge in [-0.3, -0.25) is 10.1 Å². The maximum atomic E-state index is 13.4. The predicted molar refractivity (Wildman–Crippen MR) is 72.5 cm³/mol. The van der Waals surface area contributed by atoms with E-state index in [2.05, 4.69) is 0 Å². The summed E-state index contributed by atoms with van der Waals surface area (Å²) < 4.78 is 18.7. The largest absolute Gasteiger partial charge is 0.450 e. The molecule has 0 spiro atoms. The molecule has 0 radical (unpaired) electrons. The van der Waals surface area contributed by atoms with Crippen molar-refractivity contribution < 1.29 is 14.1 Å². The highest BCUT2D eigenvalue weighted by atomic mass is 35.5. The van der Waals surface area contributed by atoms with Crippen LogP contribution in [0.4, 0.5) is 10.1 Å². The van der Waals surface area contributed by atoms with Gasteiger partial charge in [0.05, 0.1) is 9.95 Å². The molecule has 0 unspecified atom stereocenters. The molecule has 0 aliphatic carbocycles. The zero-order valence-electron chi connectivity index (χ0n) is 10.2. The van der Waals surface area contributed by atoms with Crippen LogP contribution in [0.2, 0.25) is 5.02 Å². The molecule has 0 fully saturated rings. The first kappa shape index (κ1) is 14.2. The van der Waals surface area contributed by atoms with E-state index in [1.165, 1.54) is 0 Å². The molecule has 2 rings (SSSR count). The number of halogens is 2. The van der Waals surface area contributed by atoms with Gasteiger partial charge < -0.3 is 10.5 Å². The summed E-state index contributed by atoms with van der Waals surface area (Å²) in [5.41, 5.74) is 5.94. The van der Waals surface area contributed by atoms with E-state index >= 15 is 0 Å². The van der Waals surface area contributed by atoms with Gasteiger partial charge in [0.2, 0.25) is 5.75 Å². The van der Waals surface area contributed by atoms with Gasteiger partial charge in [-0.25, -0.2) is 4.39 Å². The number of rotatable bonds is 4. The number of nitrogens with two attached hydrogens (primary N) is 1. The molecule has 0 saturated carbocycles. The van der Waals surface area contributed by atoms with Crippen LogP contribution >= 0.6 is 11.6 Å². The molecule has 0 bridgehead atoms. The first-order chi connectivity index (χ1) is 9.51. The lowest BCUT2D eigenvalue weighted by molar-refractivity contribution is -0.385. The highest BCUT2D eigenvalue weighted by molar-refractivity contribution is 6.31. The van der Waals surface area contributed by atoms with Crippen molar-refractivity contribution in [1.82, 2.24) is 0 Å². The summed E-state index contributed by atoms with van der Waals surface area (Å²) >= 11 is 5.52. The molecule has 0 aromatic heterocycles. The van der Waals surface area contributed by atoms with Crippen LogP contribution in [0, 0.1) is 15.9 Å². The Morgan fingerprint density at radius 3 is 2.50 bits per heavy atom. The summed E-state index contributed by atoms with van der Waals surface area (Å²) in [5.74, 6) is -0.657. The fourth-order valence-corrected chi connectivity index (χ4v) is 1.72. The second-order valence-electron chi connectivity index (χ2n) is 3.94. The predicted octanol–water partition coefficient (Wildman–Crippen LogP) is 3.64. The fraction of sp³-hybridized carbons (Fsp3) is 0.0769. The molecule has 0 amide bonds. The number of ether oxygens (including phenoxy) is 1. The van der Waals surface area contributed by atoms with Crippen molar-refractivity contribution in [2.24, 2.45) is 5.73 Å². The van der Waals surface area contributed by atoms with Crippen molar-refractivity contribution in [3.05, 3.63) is 62.9 Å². The van der Waals surface area contributed by atoms with Gasteiger partial charge in [-0.15, -0.1) is 0 Å². The molecule has 0 atom stereocenters. The molecule has 0 saturated heterocycles. The Bertz CT molecular complexity index is 647. The summed E-state index contributed by atoms with van der Waals surface area (Å²) in [5, 5.41) is 10.6. The minimum absolute atomic E-state index is 0.211. The summed E-state index contributed by atoms with van der Waals surface area (Å²) in [7, 11) is 0. The van der Waals surface area contributed by atoms with E-state index in [-0.39, 0.29) is 10.8 Å². The quantitative estimate of drug-likeness (QED) is 0.690. The maximum Gasteiger partial charge on any atom is 0.313 e. The van der Waals surface area contributed by atoms with Gasteiger partial charge in [0.1, 0.15) is 11.6 Å². The van der Waals surface area contributed by atoms with Gasteiger partial charge in [-0.05, 0) is 17.7 Å². The lowest BCUT2D eigenvalue weighted by Crippen LogP contribution is -1.97. The van der Waals surface area contributed by atoms with Crippen LogP contribution in [0.5, 0.6) is 11.5 Å². The summed E-state index contributed by atoms with van der Waals surface area (Å²) in [6.45, 7) is 0.371. The third-order valence-corrected chi connectivity index (χ3v) is 2.88. The minimum Gasteiger partial charge on any atom is -0.450 e. The van der Waals surface area contributed by atoms with Crippen LogP contribution in [0.25, 0.3) is 0 Å². The molecule has 2 aromatic rings. The third-order valence-electron chi connectivity index (χ3n) is 2.59. The third kappa shape index (κ3) is 3.04. The van der Waals surface area contributed by atoms with E-state index in [1.807, 2.05) is 0 Å². The summed E-state index contributed by atoms with van der Waals surface area (Å²) in [4.78, 5) is 10.2. The lowest BCUT2D eigenvalue weighted by atomic mass is 10.2. The molecule has 0 aliphatic heterocycles. The molecular weight excluding hydrogens is 287 g/mol. The Morgan fingerprint density at radius 1 is 1.30 bits per heavy atom. The highest BCUT2D eigenvalue weighted by Gasteiger charge is 2.19. The van der Waals surface area contributed by atoms with Crippen LogP contribution in [0.1, 0.15) is 5.56 Å². The van der Waals surface area contributed by atoms with Gasteiger partial charge in [0, 0.05) is 18.7 Å². The number of hydrogen-bond donors (Lipinski definition) is 1. The van der Waals surface area contributed by atoms with Crippen LogP contribution in [0.3, 0.4) is 0 Å². The van der Waals surface area contributed by atoms with Crippen molar-refractivity contribution in [3.8, 4) is 11.5 Å². The molecule has 0 heterocycles. The smallest absolute Gasteiger partial charge is 0.313 e. The maximum absolute atomic E-state index is 13.4. The first-order valence-corrected chi connectivity index (χ1v) is 5.99. The second-order valence-corrected chi connectivity index (χ2v) is 4.35. The van der Waals surface area contributed by atoms with Gasteiger partial charge in [0.25, 0.3) is 0 Å². The van der Waals surface area contributed by atoms with Crippen molar-refractivity contribution in [1.29, 1.82) is 0 Å². The van der Waals surface area contributed by atoms with Crippen LogP contribution < -0.4 is 10.5 Å². The molecule has 7 heteroatoms. The lowest BCUT2D eigenvalue weighted by Gasteiger charge is -2.07. The first-order valence-electron chi connectivity index (χ1n) is 5.61. The van der Waals surface area contributed by atoms with E-state index in [4.69, 9.17) is 22.1 Å². The summed E-state index contributed by atoms with van der Waals surface area (Å²) in [6, 6.07) is 8.43. The zero-order valence-corrected chi connectivity index (χ0v) is 10.9. The molecule has 5 nitrogen and oxygen atoms in total. The van der Waals surface area contributed by atoms with Gasteiger partial charge >= 0.3 is 5.69 Å². The molecule has 104 valence electrons. The van der Waals surface area contributed by atoms with Crippen molar-refractivity contribution >= 4 is 17.3 Å². The standard InChI is InChI=1S/C13H10ClFN2O3/c14-10-5-12(17(18)19)13(6-11(10)15)20-9-3-1-8(7-16)2-4-9/h1-6H,7,16H2. The van der Waals surface area contributed by atoms with E-state index in [0.29, 0.717) is 12.3 Å². The second kappa shape index (κ2) is 5.85. The van der Waals surface area contributed by atoms with E-state index in [9.17, 15) is 14.5 Å². The van der Waals surface area contributed by atoms with Gasteiger partial charge in [-0.2, -0.15) is 0 Å². The molecular formula is C13H10ClFN2O3. The normalized spacial score (nSPS) is 10.3. The SMILES string of the molecule is NCc1ccc(Oc2cc(F)c(Cl)cc2[N+](=O)[O-])cc1. The Morgan fingerprint density at radius 2 is 1.95 bits per heavy atom.